The van der Waals surface area contributed by atoms with E-state index in [1.165, 1.54) is 0 Å². The average Bonchev–Trinajstić information content (AvgIpc) is 1.61. The van der Waals surface area contributed by atoms with Gasteiger partial charge in [-0.2, -0.15) is 0 Å². The Labute approximate surface area is 44.1 Å². The van der Waals surface area contributed by atoms with Gasteiger partial charge in [0.05, 0.1) is 7.80 Å². The molecule has 42 valence electrons. The van der Waals surface area contributed by atoms with E-state index in [1.54, 1.807) is 6.66 Å². The van der Waals surface area contributed by atoms with E-state index < -0.39 is 7.80 Å². The van der Waals surface area contributed by atoms with Gasteiger partial charge in [0, 0.05) is 0 Å². The highest BCUT2D eigenvalue weighted by atomic mass is 31.1. The van der Waals surface area contributed by atoms with E-state index in [4.69, 9.17) is 0 Å². The van der Waals surface area contributed by atoms with Crippen LogP contribution in [-0.4, -0.2) is 13.0 Å². The molecule has 0 spiro atoms. The van der Waals surface area contributed by atoms with Gasteiger partial charge in [0.2, 0.25) is 0 Å². The van der Waals surface area contributed by atoms with Crippen molar-refractivity contribution in [3.8, 4) is 0 Å². The topological polar surface area (TPSA) is 43.4 Å². The molecule has 0 saturated heterocycles. The van der Waals surface area contributed by atoms with E-state index in [0.29, 0.717) is 0 Å². The van der Waals surface area contributed by atoms with Crippen molar-refractivity contribution in [3.05, 3.63) is 0 Å². The minimum atomic E-state index is -1.58. The summed E-state index contributed by atoms with van der Waals surface area (Å²) in [5, 5.41) is 0. The number of hydrogen-bond acceptors (Lipinski definition) is 3. The SMILES string of the molecule is C[PH](=O)COP=O. The Kier molecular flexibility index (Phi) is 4.63. The van der Waals surface area contributed by atoms with Crippen LogP contribution in [0.5, 0.6) is 0 Å². The Balaban J connectivity index is 2.97. The van der Waals surface area contributed by atoms with Crippen molar-refractivity contribution in [2.75, 3.05) is 13.0 Å². The molecule has 0 saturated carbocycles. The summed E-state index contributed by atoms with van der Waals surface area (Å²) >= 11 is 0. The molecule has 0 aromatic heterocycles. The molecule has 1 unspecified atom stereocenters. The average molecular weight is 140 g/mol. The third-order valence-corrected chi connectivity index (χ3v) is 1.35. The van der Waals surface area contributed by atoms with Crippen molar-refractivity contribution in [3.63, 3.8) is 0 Å². The molecule has 5 heteroatoms. The summed E-state index contributed by atoms with van der Waals surface area (Å²) < 4.78 is 23.8. The maximum absolute atomic E-state index is 10.1. The van der Waals surface area contributed by atoms with E-state index in [2.05, 4.69) is 4.52 Å². The first-order valence-electron chi connectivity index (χ1n) is 1.71. The van der Waals surface area contributed by atoms with Crippen LogP contribution in [0, 0.1) is 0 Å². The molecule has 0 heterocycles. The molecule has 0 bridgehead atoms. The molecule has 0 aromatic carbocycles. The molecular weight excluding hydrogens is 134 g/mol. The summed E-state index contributed by atoms with van der Waals surface area (Å²) in [5.41, 5.74) is 0. The zero-order chi connectivity index (χ0) is 5.70. The second kappa shape index (κ2) is 4.45. The Morgan fingerprint density at radius 1 is 1.86 bits per heavy atom. The maximum Gasteiger partial charge on any atom is 0.327 e. The molecule has 0 rings (SSSR count). The van der Waals surface area contributed by atoms with Gasteiger partial charge in [-0.15, -0.1) is 0 Å². The first-order valence-corrected chi connectivity index (χ1v) is 4.56. The minimum Gasteiger partial charge on any atom is -0.325 e. The predicted octanol–water partition coefficient (Wildman–Crippen LogP) is 1.36. The van der Waals surface area contributed by atoms with Gasteiger partial charge in [-0.1, -0.05) is 0 Å². The minimum absolute atomic E-state index is 0.121. The van der Waals surface area contributed by atoms with E-state index in [9.17, 15) is 9.13 Å². The number of rotatable bonds is 3. The van der Waals surface area contributed by atoms with Crippen LogP contribution in [-0.2, 0) is 13.7 Å². The van der Waals surface area contributed by atoms with Crippen molar-refractivity contribution in [2.24, 2.45) is 0 Å². The molecule has 7 heavy (non-hydrogen) atoms. The lowest BCUT2D eigenvalue weighted by molar-refractivity contribution is 0.403. The van der Waals surface area contributed by atoms with Crippen molar-refractivity contribution < 1.29 is 13.7 Å². The van der Waals surface area contributed by atoms with Crippen LogP contribution in [0.2, 0.25) is 0 Å². The molecule has 0 N–H and O–H groups in total. The first kappa shape index (κ1) is 7.29. The van der Waals surface area contributed by atoms with Crippen molar-refractivity contribution in [2.45, 2.75) is 0 Å². The molecule has 0 fully saturated rings. The highest BCUT2D eigenvalue weighted by Crippen LogP contribution is 2.15. The van der Waals surface area contributed by atoms with E-state index in [1.807, 2.05) is 0 Å². The van der Waals surface area contributed by atoms with Gasteiger partial charge in [0.15, 0.2) is 0 Å². The van der Waals surface area contributed by atoms with E-state index >= 15 is 0 Å². The Hall–Kier alpha value is 0.290. The quantitative estimate of drug-likeness (QED) is 0.555. The molecule has 0 amide bonds. The van der Waals surface area contributed by atoms with Crippen LogP contribution >= 0.6 is 16.5 Å². The van der Waals surface area contributed by atoms with E-state index in [-0.39, 0.29) is 15.0 Å². The van der Waals surface area contributed by atoms with Crippen LogP contribution in [0.3, 0.4) is 0 Å². The van der Waals surface area contributed by atoms with Crippen LogP contribution < -0.4 is 0 Å². The molecule has 0 aliphatic rings. The summed E-state index contributed by atoms with van der Waals surface area (Å²) in [7, 11) is -1.96. The van der Waals surface area contributed by atoms with Crippen LogP contribution in [0.1, 0.15) is 0 Å². The molecule has 0 aromatic rings. The molecule has 0 aliphatic heterocycles. The Morgan fingerprint density at radius 3 is 2.57 bits per heavy atom. The lowest BCUT2D eigenvalue weighted by Crippen LogP contribution is -1.69. The highest BCUT2D eigenvalue weighted by molar-refractivity contribution is 7.43. The zero-order valence-electron chi connectivity index (χ0n) is 3.88. The number of hydrogen-bond donors (Lipinski definition) is 0. The molecule has 0 aliphatic carbocycles. The smallest absolute Gasteiger partial charge is 0.325 e. The highest BCUT2D eigenvalue weighted by Gasteiger charge is 1.86. The van der Waals surface area contributed by atoms with Crippen LogP contribution in [0.15, 0.2) is 0 Å². The van der Waals surface area contributed by atoms with Gasteiger partial charge in [-0.25, -0.2) is 4.57 Å². The third-order valence-electron chi connectivity index (χ3n) is 0.321. The summed E-state index contributed by atoms with van der Waals surface area (Å²) in [6, 6.07) is 0. The predicted molar refractivity (Wildman–Crippen MR) is 28.5 cm³/mol. The summed E-state index contributed by atoms with van der Waals surface area (Å²) in [4.78, 5) is 0. The summed E-state index contributed by atoms with van der Waals surface area (Å²) in [5.74, 6) is 0. The lowest BCUT2D eigenvalue weighted by atomic mass is 11.7. The van der Waals surface area contributed by atoms with Crippen molar-refractivity contribution in [1.82, 2.24) is 0 Å². The fraction of sp³-hybridized carbons (Fsp3) is 1.00. The normalized spacial score (nSPS) is 14.4. The van der Waals surface area contributed by atoms with Gasteiger partial charge in [-0.05, 0) is 6.66 Å². The van der Waals surface area contributed by atoms with Gasteiger partial charge in [-0.3, -0.25) is 4.52 Å². The second-order valence-electron chi connectivity index (χ2n) is 1.05. The molecule has 1 atom stereocenters. The Bertz CT molecular complexity index is 81.0. The zero-order valence-corrected chi connectivity index (χ0v) is 5.77. The monoisotopic (exact) mass is 140 g/mol. The van der Waals surface area contributed by atoms with Crippen LogP contribution in [0.25, 0.3) is 0 Å². The van der Waals surface area contributed by atoms with Gasteiger partial charge < -0.3 is 4.57 Å². The van der Waals surface area contributed by atoms with Gasteiger partial charge in [0.25, 0.3) is 0 Å². The summed E-state index contributed by atoms with van der Waals surface area (Å²) in [6.07, 6.45) is 0.121. The largest absolute Gasteiger partial charge is 0.327 e. The molecular formula is C2H6O3P2. The van der Waals surface area contributed by atoms with Crippen molar-refractivity contribution in [1.29, 1.82) is 0 Å². The lowest BCUT2D eigenvalue weighted by Gasteiger charge is -1.83. The summed E-state index contributed by atoms with van der Waals surface area (Å²) in [6.45, 7) is 1.55. The van der Waals surface area contributed by atoms with Gasteiger partial charge >= 0.3 is 8.69 Å². The Morgan fingerprint density at radius 2 is 2.43 bits per heavy atom. The van der Waals surface area contributed by atoms with Gasteiger partial charge in [0.1, 0.15) is 6.35 Å². The first-order chi connectivity index (χ1) is 3.27. The fourth-order valence-electron chi connectivity index (χ4n) is 0.117. The standard InChI is InChI=1S/C2H6O3P2/c1-7(4)2-5-6-3/h7H,2H2,1H3. The maximum atomic E-state index is 10.1. The fourth-order valence-corrected chi connectivity index (χ4v) is 1.06. The third kappa shape index (κ3) is 6.29. The van der Waals surface area contributed by atoms with E-state index in [0.717, 1.165) is 0 Å². The second-order valence-corrected chi connectivity index (χ2v) is 3.15. The molecule has 0 radical (unpaired) electrons. The molecule has 3 nitrogen and oxygen atoms in total. The van der Waals surface area contributed by atoms with Crippen LogP contribution in [0.4, 0.5) is 0 Å². The van der Waals surface area contributed by atoms with Crippen molar-refractivity contribution >= 4 is 16.5 Å².